The van der Waals surface area contributed by atoms with E-state index in [0.29, 0.717) is 0 Å². The molecule has 0 saturated heterocycles. The highest BCUT2D eigenvalue weighted by Gasteiger charge is 1.95. The Balaban J connectivity index is 0.000000236. The molecule has 0 aromatic carbocycles. The van der Waals surface area contributed by atoms with Gasteiger partial charge in [-0.25, -0.2) is 0 Å². The SMILES string of the molecule is ClCCl.OC1C=CC=CC1. The van der Waals surface area contributed by atoms with Crippen LogP contribution in [0.15, 0.2) is 24.3 Å². The molecule has 0 bridgehead atoms. The lowest BCUT2D eigenvalue weighted by Crippen LogP contribution is -2.00. The van der Waals surface area contributed by atoms with Crippen molar-refractivity contribution in [3.8, 4) is 0 Å². The summed E-state index contributed by atoms with van der Waals surface area (Å²) in [6, 6.07) is 0. The van der Waals surface area contributed by atoms with Gasteiger partial charge in [-0.05, 0) is 6.42 Å². The van der Waals surface area contributed by atoms with Crippen molar-refractivity contribution in [2.75, 3.05) is 5.34 Å². The highest BCUT2D eigenvalue weighted by atomic mass is 35.5. The first-order valence-electron chi connectivity index (χ1n) is 2.94. The van der Waals surface area contributed by atoms with Crippen LogP contribution in [0.25, 0.3) is 0 Å². The Bertz CT molecular complexity index is 121. The Labute approximate surface area is 71.0 Å². The lowest BCUT2D eigenvalue weighted by Gasteiger charge is -2.01. The Hall–Kier alpha value is 0.0200. The van der Waals surface area contributed by atoms with Gasteiger partial charge in [0.05, 0.1) is 11.4 Å². The second-order valence-electron chi connectivity index (χ2n) is 1.72. The standard InChI is InChI=1S/C6H8O.CH2Cl2/c7-6-4-2-1-3-5-6;2-1-3/h1-4,6-7H,5H2;1H2. The summed E-state index contributed by atoms with van der Waals surface area (Å²) in [5.74, 6) is 0. The van der Waals surface area contributed by atoms with E-state index in [4.69, 9.17) is 28.3 Å². The molecule has 0 heterocycles. The number of hydrogen-bond acceptors (Lipinski definition) is 1. The van der Waals surface area contributed by atoms with Crippen molar-refractivity contribution < 1.29 is 5.11 Å². The summed E-state index contributed by atoms with van der Waals surface area (Å²) in [5, 5.41) is 8.97. The van der Waals surface area contributed by atoms with Crippen molar-refractivity contribution >= 4 is 23.2 Å². The molecule has 1 unspecified atom stereocenters. The molecular formula is C7H10Cl2O. The van der Waals surface area contributed by atoms with Crippen LogP contribution in [0.1, 0.15) is 6.42 Å². The molecular weight excluding hydrogens is 171 g/mol. The first-order chi connectivity index (χ1) is 4.81. The molecule has 0 amide bonds. The maximum Gasteiger partial charge on any atom is 0.0967 e. The van der Waals surface area contributed by atoms with E-state index < -0.39 is 0 Å². The van der Waals surface area contributed by atoms with Gasteiger partial charge in [0, 0.05) is 0 Å². The number of aliphatic hydroxyl groups excluding tert-OH is 1. The molecule has 10 heavy (non-hydrogen) atoms. The van der Waals surface area contributed by atoms with E-state index in [1.54, 1.807) is 6.08 Å². The molecule has 1 nitrogen and oxygen atoms in total. The third-order valence-corrected chi connectivity index (χ3v) is 0.958. The summed E-state index contributed by atoms with van der Waals surface area (Å²) in [7, 11) is 0. The Kier molecular flexibility index (Phi) is 7.15. The minimum absolute atomic E-state index is 0.194. The Morgan fingerprint density at radius 2 is 2.00 bits per heavy atom. The number of aliphatic hydroxyl groups is 1. The fourth-order valence-corrected chi connectivity index (χ4v) is 0.568. The zero-order chi connectivity index (χ0) is 7.82. The number of allylic oxidation sites excluding steroid dienone is 2. The summed E-state index contributed by atoms with van der Waals surface area (Å²) in [6.07, 6.45) is 8.06. The smallest absolute Gasteiger partial charge is 0.0967 e. The molecule has 0 aromatic heterocycles. The van der Waals surface area contributed by atoms with Gasteiger partial charge >= 0.3 is 0 Å². The molecule has 1 N–H and O–H groups in total. The summed E-state index contributed by atoms with van der Waals surface area (Å²) < 4.78 is 0. The topological polar surface area (TPSA) is 20.2 Å². The van der Waals surface area contributed by atoms with E-state index in [1.165, 1.54) is 0 Å². The lowest BCUT2D eigenvalue weighted by atomic mass is 10.1. The first kappa shape index (κ1) is 10.0. The minimum atomic E-state index is -0.231. The van der Waals surface area contributed by atoms with Gasteiger partial charge in [-0.3, -0.25) is 0 Å². The molecule has 0 spiro atoms. The average molecular weight is 181 g/mol. The zero-order valence-electron chi connectivity index (χ0n) is 5.50. The molecule has 0 saturated carbocycles. The van der Waals surface area contributed by atoms with Gasteiger partial charge in [0.15, 0.2) is 0 Å². The van der Waals surface area contributed by atoms with E-state index in [1.807, 2.05) is 18.2 Å². The molecule has 1 aliphatic carbocycles. The Morgan fingerprint density at radius 3 is 2.20 bits per heavy atom. The number of rotatable bonds is 0. The average Bonchev–Trinajstić information content (AvgIpc) is 1.91. The number of alkyl halides is 2. The molecule has 1 atom stereocenters. The fourth-order valence-electron chi connectivity index (χ4n) is 0.568. The van der Waals surface area contributed by atoms with Crippen LogP contribution in [-0.4, -0.2) is 16.5 Å². The normalized spacial score (nSPS) is 21.7. The monoisotopic (exact) mass is 180 g/mol. The summed E-state index contributed by atoms with van der Waals surface area (Å²) in [6.45, 7) is 0. The van der Waals surface area contributed by atoms with E-state index in [9.17, 15) is 0 Å². The summed E-state index contributed by atoms with van der Waals surface area (Å²) in [5.41, 5.74) is 0. The van der Waals surface area contributed by atoms with E-state index in [2.05, 4.69) is 0 Å². The molecule has 0 aliphatic heterocycles. The third kappa shape index (κ3) is 6.14. The van der Waals surface area contributed by atoms with Crippen molar-refractivity contribution in [3.05, 3.63) is 24.3 Å². The van der Waals surface area contributed by atoms with Gasteiger partial charge in [-0.15, -0.1) is 23.2 Å². The van der Waals surface area contributed by atoms with Crippen LogP contribution in [-0.2, 0) is 0 Å². The van der Waals surface area contributed by atoms with Crippen LogP contribution >= 0.6 is 23.2 Å². The van der Waals surface area contributed by atoms with Crippen molar-refractivity contribution in [3.63, 3.8) is 0 Å². The maximum absolute atomic E-state index is 8.77. The van der Waals surface area contributed by atoms with Crippen molar-refractivity contribution in [1.29, 1.82) is 0 Å². The van der Waals surface area contributed by atoms with Gasteiger partial charge < -0.3 is 5.11 Å². The maximum atomic E-state index is 8.77. The molecule has 1 aliphatic rings. The van der Waals surface area contributed by atoms with E-state index >= 15 is 0 Å². The largest absolute Gasteiger partial charge is 0.389 e. The number of hydrogen-bond donors (Lipinski definition) is 1. The predicted molar refractivity (Wildman–Crippen MR) is 45.5 cm³/mol. The zero-order valence-corrected chi connectivity index (χ0v) is 7.02. The summed E-state index contributed by atoms with van der Waals surface area (Å²) >= 11 is 9.53. The van der Waals surface area contributed by atoms with Crippen LogP contribution in [0.3, 0.4) is 0 Å². The van der Waals surface area contributed by atoms with E-state index in [0.717, 1.165) is 6.42 Å². The fraction of sp³-hybridized carbons (Fsp3) is 0.429. The highest BCUT2D eigenvalue weighted by Crippen LogP contribution is 2.00. The Morgan fingerprint density at radius 1 is 1.40 bits per heavy atom. The number of halogens is 2. The van der Waals surface area contributed by atoms with Crippen molar-refractivity contribution in [2.45, 2.75) is 12.5 Å². The van der Waals surface area contributed by atoms with Crippen LogP contribution in [0.2, 0.25) is 0 Å². The van der Waals surface area contributed by atoms with Crippen molar-refractivity contribution in [1.82, 2.24) is 0 Å². The van der Waals surface area contributed by atoms with Gasteiger partial charge in [0.25, 0.3) is 0 Å². The van der Waals surface area contributed by atoms with Gasteiger partial charge in [-0.1, -0.05) is 24.3 Å². The minimum Gasteiger partial charge on any atom is -0.389 e. The lowest BCUT2D eigenvalue weighted by molar-refractivity contribution is 0.225. The summed E-state index contributed by atoms with van der Waals surface area (Å²) in [4.78, 5) is 0. The van der Waals surface area contributed by atoms with Crippen LogP contribution < -0.4 is 0 Å². The third-order valence-electron chi connectivity index (χ3n) is 0.958. The molecule has 58 valence electrons. The molecule has 0 radical (unpaired) electrons. The molecule has 0 aromatic rings. The predicted octanol–water partition coefficient (Wildman–Crippen LogP) is 2.28. The molecule has 3 heteroatoms. The molecule has 0 fully saturated rings. The van der Waals surface area contributed by atoms with E-state index in [-0.39, 0.29) is 11.4 Å². The molecule has 1 rings (SSSR count). The van der Waals surface area contributed by atoms with Crippen molar-refractivity contribution in [2.24, 2.45) is 0 Å². The second-order valence-corrected chi connectivity index (χ2v) is 2.53. The van der Waals surface area contributed by atoms with Gasteiger partial charge in [0.2, 0.25) is 0 Å². The van der Waals surface area contributed by atoms with Gasteiger partial charge in [0.1, 0.15) is 0 Å². The quantitative estimate of drug-likeness (QED) is 0.568. The van der Waals surface area contributed by atoms with Gasteiger partial charge in [-0.2, -0.15) is 0 Å². The second kappa shape index (κ2) is 7.13. The first-order valence-corrected chi connectivity index (χ1v) is 4.01. The highest BCUT2D eigenvalue weighted by molar-refractivity contribution is 6.40. The van der Waals surface area contributed by atoms with Crippen LogP contribution in [0, 0.1) is 0 Å². The van der Waals surface area contributed by atoms with Crippen LogP contribution in [0.5, 0.6) is 0 Å². The van der Waals surface area contributed by atoms with Crippen LogP contribution in [0.4, 0.5) is 0 Å².